The predicted molar refractivity (Wildman–Crippen MR) is 118 cm³/mol. The third-order valence-electron chi connectivity index (χ3n) is 4.41. The van der Waals surface area contributed by atoms with E-state index in [1.54, 1.807) is 5.01 Å². The molecule has 1 saturated heterocycles. The monoisotopic (exact) mass is 442 g/mol. The summed E-state index contributed by atoms with van der Waals surface area (Å²) in [7, 11) is 2.56. The van der Waals surface area contributed by atoms with E-state index < -0.39 is 16.8 Å². The summed E-state index contributed by atoms with van der Waals surface area (Å²) in [4.78, 5) is 33.0. The minimum absolute atomic E-state index is 0.252. The van der Waals surface area contributed by atoms with E-state index in [0.29, 0.717) is 16.0 Å². The number of hydrazine groups is 1. The highest BCUT2D eigenvalue weighted by atomic mass is 32.2. The SMILES string of the molecule is COC(=O)CC1(C(=O)OC)SC(=Nc2ccccc2)NN1c1nc2ccccc2s1. The molecule has 0 saturated carbocycles. The molecule has 1 aliphatic heterocycles. The van der Waals surface area contributed by atoms with Crippen LogP contribution in [0.1, 0.15) is 6.42 Å². The molecule has 1 aromatic heterocycles. The summed E-state index contributed by atoms with van der Waals surface area (Å²) >= 11 is 2.49. The summed E-state index contributed by atoms with van der Waals surface area (Å²) in [6.45, 7) is 0. The number of thioether (sulfide) groups is 1. The molecule has 0 radical (unpaired) electrons. The van der Waals surface area contributed by atoms with Crippen LogP contribution in [0.15, 0.2) is 59.6 Å². The number of esters is 2. The van der Waals surface area contributed by atoms with Gasteiger partial charge >= 0.3 is 11.9 Å². The van der Waals surface area contributed by atoms with Gasteiger partial charge in [0.2, 0.25) is 10.0 Å². The summed E-state index contributed by atoms with van der Waals surface area (Å²) in [6.07, 6.45) is -0.252. The molecule has 2 aromatic carbocycles. The van der Waals surface area contributed by atoms with E-state index in [4.69, 9.17) is 9.47 Å². The molecule has 1 unspecified atom stereocenters. The Kier molecular flexibility index (Phi) is 5.60. The molecular formula is C20H18N4O4S2. The van der Waals surface area contributed by atoms with Crippen LogP contribution in [0, 0.1) is 0 Å². The second kappa shape index (κ2) is 8.33. The molecule has 0 spiro atoms. The predicted octanol–water partition coefficient (Wildman–Crippen LogP) is 3.47. The molecule has 3 aromatic rings. The number of carbonyl (C=O) groups is 2. The lowest BCUT2D eigenvalue weighted by atomic mass is 10.2. The Morgan fingerprint density at radius 1 is 1.10 bits per heavy atom. The van der Waals surface area contributed by atoms with Crippen molar-refractivity contribution in [2.75, 3.05) is 19.2 Å². The van der Waals surface area contributed by atoms with Crippen LogP contribution in [0.4, 0.5) is 10.8 Å². The van der Waals surface area contributed by atoms with Gasteiger partial charge in [-0.2, -0.15) is 0 Å². The van der Waals surface area contributed by atoms with Crippen molar-refractivity contribution in [2.45, 2.75) is 11.3 Å². The number of rotatable bonds is 5. The van der Waals surface area contributed by atoms with Crippen molar-refractivity contribution in [2.24, 2.45) is 4.99 Å². The van der Waals surface area contributed by atoms with Gasteiger partial charge in [0, 0.05) is 0 Å². The minimum atomic E-state index is -1.46. The van der Waals surface area contributed by atoms with E-state index in [0.717, 1.165) is 22.0 Å². The summed E-state index contributed by atoms with van der Waals surface area (Å²) in [5.41, 5.74) is 4.63. The first-order valence-corrected chi connectivity index (χ1v) is 10.6. The maximum absolute atomic E-state index is 13.0. The van der Waals surface area contributed by atoms with E-state index >= 15 is 0 Å². The van der Waals surface area contributed by atoms with Gasteiger partial charge in [-0.1, -0.05) is 41.7 Å². The standard InChI is InChI=1S/C20H18N4O4S2/c1-27-16(25)12-20(17(26)28-2)24(19-22-14-10-6-7-11-15(14)29-19)23-18(30-20)21-13-8-4-3-5-9-13/h3-11H,12H2,1-2H3,(H,21,23). The molecule has 0 aliphatic carbocycles. The third-order valence-corrected chi connectivity index (χ3v) is 6.64. The highest BCUT2D eigenvalue weighted by Gasteiger charge is 2.56. The molecule has 2 heterocycles. The first-order valence-electron chi connectivity index (χ1n) is 8.96. The zero-order valence-electron chi connectivity index (χ0n) is 16.2. The molecule has 0 bridgehead atoms. The number of hydrogen-bond donors (Lipinski definition) is 1. The minimum Gasteiger partial charge on any atom is -0.469 e. The van der Waals surface area contributed by atoms with Crippen LogP contribution in [0.2, 0.25) is 0 Å². The molecule has 1 atom stereocenters. The lowest BCUT2D eigenvalue weighted by Crippen LogP contribution is -2.54. The number of carbonyl (C=O) groups excluding carboxylic acids is 2. The Labute approximate surface area is 180 Å². The lowest BCUT2D eigenvalue weighted by molar-refractivity contribution is -0.150. The van der Waals surface area contributed by atoms with Crippen molar-refractivity contribution in [3.8, 4) is 0 Å². The highest BCUT2D eigenvalue weighted by molar-refractivity contribution is 8.16. The van der Waals surface area contributed by atoms with Crippen LogP contribution in [0.25, 0.3) is 10.2 Å². The number of para-hydroxylation sites is 2. The van der Waals surface area contributed by atoms with Crippen molar-refractivity contribution in [3.63, 3.8) is 0 Å². The fourth-order valence-electron chi connectivity index (χ4n) is 2.99. The number of aliphatic imine (C=N–C) groups is 1. The Bertz CT molecular complexity index is 1090. The van der Waals surface area contributed by atoms with Crippen LogP contribution in [-0.2, 0) is 19.1 Å². The number of nitrogens with one attached hydrogen (secondary N) is 1. The van der Waals surface area contributed by atoms with Crippen molar-refractivity contribution in [1.29, 1.82) is 0 Å². The van der Waals surface area contributed by atoms with E-state index in [1.165, 1.54) is 25.6 Å². The van der Waals surface area contributed by atoms with Crippen LogP contribution >= 0.6 is 23.1 Å². The Morgan fingerprint density at radius 2 is 1.83 bits per heavy atom. The highest BCUT2D eigenvalue weighted by Crippen LogP contribution is 2.44. The van der Waals surface area contributed by atoms with Gasteiger partial charge in [-0.15, -0.1) is 0 Å². The second-order valence-corrected chi connectivity index (χ2v) is 8.57. The number of ether oxygens (including phenoxy) is 2. The molecule has 1 aliphatic rings. The molecule has 1 N–H and O–H groups in total. The summed E-state index contributed by atoms with van der Waals surface area (Å²) < 4.78 is 10.9. The first kappa shape index (κ1) is 20.2. The van der Waals surface area contributed by atoms with Crippen molar-refractivity contribution in [1.82, 2.24) is 10.4 Å². The quantitative estimate of drug-likeness (QED) is 0.601. The molecule has 1 fully saturated rings. The van der Waals surface area contributed by atoms with Gasteiger partial charge in [0.25, 0.3) is 0 Å². The smallest absolute Gasteiger partial charge is 0.345 e. The number of thiazole rings is 1. The average Bonchev–Trinajstić information content (AvgIpc) is 3.35. The van der Waals surface area contributed by atoms with Crippen molar-refractivity contribution >= 4 is 61.2 Å². The number of benzene rings is 2. The fourth-order valence-corrected chi connectivity index (χ4v) is 5.23. The van der Waals surface area contributed by atoms with Gasteiger partial charge in [0.1, 0.15) is 0 Å². The van der Waals surface area contributed by atoms with Gasteiger partial charge in [0.05, 0.1) is 36.5 Å². The topological polar surface area (TPSA) is 93.1 Å². The zero-order chi connectivity index (χ0) is 21.1. The van der Waals surface area contributed by atoms with Gasteiger partial charge in [0.15, 0.2) is 5.17 Å². The molecular weight excluding hydrogens is 424 g/mol. The van der Waals surface area contributed by atoms with Gasteiger partial charge in [-0.05, 0) is 36.0 Å². The van der Waals surface area contributed by atoms with Crippen LogP contribution in [0.3, 0.4) is 0 Å². The zero-order valence-corrected chi connectivity index (χ0v) is 17.8. The molecule has 30 heavy (non-hydrogen) atoms. The average molecular weight is 443 g/mol. The van der Waals surface area contributed by atoms with E-state index in [-0.39, 0.29) is 6.42 Å². The first-order chi connectivity index (χ1) is 14.6. The van der Waals surface area contributed by atoms with E-state index in [9.17, 15) is 9.59 Å². The fraction of sp³-hybridized carbons (Fsp3) is 0.200. The van der Waals surface area contributed by atoms with Gasteiger partial charge in [-0.25, -0.2) is 19.8 Å². The number of fused-ring (bicyclic) bond motifs is 1. The largest absolute Gasteiger partial charge is 0.469 e. The Balaban J connectivity index is 1.82. The van der Waals surface area contributed by atoms with Crippen molar-refractivity contribution in [3.05, 3.63) is 54.6 Å². The van der Waals surface area contributed by atoms with Crippen LogP contribution in [0.5, 0.6) is 0 Å². The van der Waals surface area contributed by atoms with Gasteiger partial charge < -0.3 is 9.47 Å². The number of methoxy groups -OCH3 is 2. The number of aromatic nitrogens is 1. The normalized spacial score (nSPS) is 19.7. The number of nitrogens with zero attached hydrogens (tertiary/aromatic N) is 3. The maximum Gasteiger partial charge on any atom is 0.345 e. The maximum atomic E-state index is 13.0. The number of hydrogen-bond acceptors (Lipinski definition) is 9. The molecule has 8 nitrogen and oxygen atoms in total. The summed E-state index contributed by atoms with van der Waals surface area (Å²) in [6, 6.07) is 17.0. The second-order valence-electron chi connectivity index (χ2n) is 6.29. The van der Waals surface area contributed by atoms with Gasteiger partial charge in [-0.3, -0.25) is 10.2 Å². The number of amidine groups is 1. The Morgan fingerprint density at radius 3 is 2.53 bits per heavy atom. The number of anilines is 1. The summed E-state index contributed by atoms with van der Waals surface area (Å²) in [5.74, 6) is -1.16. The molecule has 0 amide bonds. The van der Waals surface area contributed by atoms with E-state index in [1.807, 2.05) is 54.6 Å². The third kappa shape index (κ3) is 3.71. The van der Waals surface area contributed by atoms with Crippen molar-refractivity contribution < 1.29 is 19.1 Å². The van der Waals surface area contributed by atoms with Crippen LogP contribution in [-0.4, -0.2) is 41.2 Å². The lowest BCUT2D eigenvalue weighted by Gasteiger charge is -2.31. The Hall–Kier alpha value is -3.11. The van der Waals surface area contributed by atoms with Crippen LogP contribution < -0.4 is 10.4 Å². The van der Waals surface area contributed by atoms with E-state index in [2.05, 4.69) is 15.4 Å². The molecule has 154 valence electrons. The molecule has 4 rings (SSSR count). The summed E-state index contributed by atoms with van der Waals surface area (Å²) in [5, 5.41) is 2.50. The molecule has 10 heteroatoms.